The van der Waals surface area contributed by atoms with Gasteiger partial charge in [0.15, 0.2) is 0 Å². The number of likely N-dealkylation sites (tertiary alicyclic amines) is 1. The van der Waals surface area contributed by atoms with Crippen LogP contribution in [0.5, 0.6) is 0 Å². The molecule has 1 N–H and O–H groups in total. The van der Waals surface area contributed by atoms with Gasteiger partial charge < -0.3 is 14.4 Å². The van der Waals surface area contributed by atoms with Crippen LogP contribution in [0.25, 0.3) is 0 Å². The summed E-state index contributed by atoms with van der Waals surface area (Å²) in [6, 6.07) is 7.77. The number of amides is 1. The second kappa shape index (κ2) is 7.32. The molecule has 4 nitrogen and oxygen atoms in total. The van der Waals surface area contributed by atoms with E-state index in [9.17, 15) is 9.90 Å². The molecule has 3 unspecified atom stereocenters. The third kappa shape index (κ3) is 3.85. The Hall–Kier alpha value is -1.59. The Morgan fingerprint density at radius 1 is 1.48 bits per heavy atom. The lowest BCUT2D eigenvalue weighted by Gasteiger charge is -2.28. The summed E-state index contributed by atoms with van der Waals surface area (Å²) in [5, 5.41) is 12.3. The van der Waals surface area contributed by atoms with Crippen molar-refractivity contribution in [3.8, 4) is 0 Å². The second-order valence-electron chi connectivity index (χ2n) is 6.28. The highest BCUT2D eigenvalue weighted by atomic mass is 32.1. The standard InChI is InChI=1S/C18H23NO3S/c1-13(11-15-6-4-10-23-15)18(21)19-8-2-5-14(19)12-16(20)17-7-3-9-22-17/h3-4,6-7,9-10,13-14,16,20H,2,5,8,11-12H2,1H3. The Labute approximate surface area is 140 Å². The van der Waals surface area contributed by atoms with Crippen LogP contribution in [0.3, 0.4) is 0 Å². The summed E-state index contributed by atoms with van der Waals surface area (Å²) < 4.78 is 5.27. The zero-order valence-corrected chi connectivity index (χ0v) is 14.2. The number of furan rings is 1. The van der Waals surface area contributed by atoms with E-state index in [2.05, 4.69) is 6.07 Å². The predicted octanol–water partition coefficient (Wildman–Crippen LogP) is 3.63. The van der Waals surface area contributed by atoms with E-state index < -0.39 is 6.10 Å². The van der Waals surface area contributed by atoms with Crippen molar-refractivity contribution in [2.24, 2.45) is 5.92 Å². The molecule has 1 amide bonds. The maximum atomic E-state index is 12.8. The molecule has 0 bridgehead atoms. The summed E-state index contributed by atoms with van der Waals surface area (Å²) in [6.45, 7) is 2.80. The van der Waals surface area contributed by atoms with Crippen molar-refractivity contribution in [1.29, 1.82) is 0 Å². The number of rotatable bonds is 6. The van der Waals surface area contributed by atoms with Gasteiger partial charge in [0, 0.05) is 29.8 Å². The molecule has 23 heavy (non-hydrogen) atoms. The minimum absolute atomic E-state index is 0.0185. The van der Waals surface area contributed by atoms with Crippen LogP contribution in [0.4, 0.5) is 0 Å². The van der Waals surface area contributed by atoms with E-state index in [1.807, 2.05) is 23.3 Å². The number of aliphatic hydroxyl groups excluding tert-OH is 1. The lowest BCUT2D eigenvalue weighted by Crippen LogP contribution is -2.40. The van der Waals surface area contributed by atoms with Crippen molar-refractivity contribution in [2.45, 2.75) is 44.8 Å². The molecule has 2 aromatic rings. The summed E-state index contributed by atoms with van der Waals surface area (Å²) >= 11 is 1.70. The van der Waals surface area contributed by atoms with Crippen molar-refractivity contribution in [2.75, 3.05) is 6.54 Å². The molecule has 0 aromatic carbocycles. The number of hydrogen-bond acceptors (Lipinski definition) is 4. The van der Waals surface area contributed by atoms with Crippen LogP contribution < -0.4 is 0 Å². The van der Waals surface area contributed by atoms with Gasteiger partial charge in [0.05, 0.1) is 6.26 Å². The maximum absolute atomic E-state index is 12.8. The molecule has 1 fully saturated rings. The molecule has 3 rings (SSSR count). The first-order valence-corrected chi connectivity index (χ1v) is 9.07. The van der Waals surface area contributed by atoms with Gasteiger partial charge in [-0.1, -0.05) is 13.0 Å². The van der Waals surface area contributed by atoms with E-state index in [4.69, 9.17) is 4.42 Å². The van der Waals surface area contributed by atoms with Crippen LogP contribution in [0.2, 0.25) is 0 Å². The maximum Gasteiger partial charge on any atom is 0.226 e. The molecule has 0 saturated carbocycles. The highest BCUT2D eigenvalue weighted by molar-refractivity contribution is 7.09. The summed E-state index contributed by atoms with van der Waals surface area (Å²) in [4.78, 5) is 16.0. The first-order chi connectivity index (χ1) is 11.1. The topological polar surface area (TPSA) is 53.7 Å². The Balaban J connectivity index is 1.60. The normalized spacial score (nSPS) is 20.6. The fourth-order valence-corrected chi connectivity index (χ4v) is 4.16. The van der Waals surface area contributed by atoms with Crippen LogP contribution in [0.15, 0.2) is 40.3 Å². The van der Waals surface area contributed by atoms with E-state index >= 15 is 0 Å². The SMILES string of the molecule is CC(Cc1cccs1)C(=O)N1CCCC1CC(O)c1ccco1. The molecule has 1 aliphatic rings. The van der Waals surface area contributed by atoms with Crippen LogP contribution in [0, 0.1) is 5.92 Å². The minimum Gasteiger partial charge on any atom is -0.467 e. The molecule has 1 aliphatic heterocycles. The quantitative estimate of drug-likeness (QED) is 0.878. The smallest absolute Gasteiger partial charge is 0.226 e. The highest BCUT2D eigenvalue weighted by Gasteiger charge is 2.33. The number of carbonyl (C=O) groups excluding carboxylic acids is 1. The Kier molecular flexibility index (Phi) is 5.18. The number of carbonyl (C=O) groups is 1. The molecule has 124 valence electrons. The largest absolute Gasteiger partial charge is 0.467 e. The molecule has 0 aliphatic carbocycles. The average molecular weight is 333 g/mol. The molecule has 3 atom stereocenters. The molecular weight excluding hydrogens is 310 g/mol. The van der Waals surface area contributed by atoms with Gasteiger partial charge in [0.25, 0.3) is 0 Å². The summed E-state index contributed by atoms with van der Waals surface area (Å²) in [5.74, 6) is 0.762. The molecular formula is C18H23NO3S. The molecule has 0 spiro atoms. The number of thiophene rings is 1. The second-order valence-corrected chi connectivity index (χ2v) is 7.31. The zero-order chi connectivity index (χ0) is 16.2. The van der Waals surface area contributed by atoms with Gasteiger partial charge >= 0.3 is 0 Å². The van der Waals surface area contributed by atoms with Crippen LogP contribution in [-0.4, -0.2) is 28.5 Å². The van der Waals surface area contributed by atoms with Gasteiger partial charge in [0.2, 0.25) is 5.91 Å². The first kappa shape index (κ1) is 16.3. The molecule has 5 heteroatoms. The number of hydrogen-bond donors (Lipinski definition) is 1. The van der Waals surface area contributed by atoms with E-state index in [1.165, 1.54) is 4.88 Å². The van der Waals surface area contributed by atoms with Crippen molar-refractivity contribution in [1.82, 2.24) is 4.90 Å². The lowest BCUT2D eigenvalue weighted by atomic mass is 10.0. The van der Waals surface area contributed by atoms with E-state index in [-0.39, 0.29) is 17.9 Å². The predicted molar refractivity (Wildman–Crippen MR) is 90.2 cm³/mol. The Morgan fingerprint density at radius 2 is 2.35 bits per heavy atom. The average Bonchev–Trinajstić information content (AvgIpc) is 3.28. The lowest BCUT2D eigenvalue weighted by molar-refractivity contribution is -0.136. The van der Waals surface area contributed by atoms with Crippen LogP contribution in [-0.2, 0) is 11.2 Å². The first-order valence-electron chi connectivity index (χ1n) is 8.19. The third-order valence-electron chi connectivity index (χ3n) is 4.54. The van der Waals surface area contributed by atoms with Gasteiger partial charge in [-0.25, -0.2) is 0 Å². The molecule has 1 saturated heterocycles. The van der Waals surface area contributed by atoms with Gasteiger partial charge in [-0.2, -0.15) is 0 Å². The van der Waals surface area contributed by atoms with Crippen molar-refractivity contribution < 1.29 is 14.3 Å². The molecule has 2 aromatic heterocycles. The van der Waals surface area contributed by atoms with Gasteiger partial charge in [-0.05, 0) is 42.8 Å². The van der Waals surface area contributed by atoms with E-state index in [0.717, 1.165) is 25.8 Å². The van der Waals surface area contributed by atoms with Crippen LogP contribution >= 0.6 is 11.3 Å². The van der Waals surface area contributed by atoms with Crippen molar-refractivity contribution in [3.63, 3.8) is 0 Å². The van der Waals surface area contributed by atoms with Crippen LogP contribution in [0.1, 0.15) is 42.9 Å². The van der Waals surface area contributed by atoms with Crippen molar-refractivity contribution in [3.05, 3.63) is 46.5 Å². The minimum atomic E-state index is -0.643. The fraction of sp³-hybridized carbons (Fsp3) is 0.500. The monoisotopic (exact) mass is 333 g/mol. The molecule has 3 heterocycles. The van der Waals surface area contributed by atoms with E-state index in [1.54, 1.807) is 29.7 Å². The summed E-state index contributed by atoms with van der Waals surface area (Å²) in [5.41, 5.74) is 0. The van der Waals surface area contributed by atoms with Gasteiger partial charge in [-0.15, -0.1) is 11.3 Å². The number of nitrogens with zero attached hydrogens (tertiary/aromatic N) is 1. The van der Waals surface area contributed by atoms with Crippen molar-refractivity contribution >= 4 is 17.2 Å². The summed E-state index contributed by atoms with van der Waals surface area (Å²) in [7, 11) is 0. The summed E-state index contributed by atoms with van der Waals surface area (Å²) in [6.07, 6.45) is 4.23. The van der Waals surface area contributed by atoms with Gasteiger partial charge in [-0.3, -0.25) is 4.79 Å². The Morgan fingerprint density at radius 3 is 3.04 bits per heavy atom. The fourth-order valence-electron chi connectivity index (χ4n) is 3.33. The highest BCUT2D eigenvalue weighted by Crippen LogP contribution is 2.29. The molecule has 0 radical (unpaired) electrons. The number of aliphatic hydroxyl groups is 1. The van der Waals surface area contributed by atoms with Gasteiger partial charge in [0.1, 0.15) is 11.9 Å². The van der Waals surface area contributed by atoms with E-state index in [0.29, 0.717) is 12.2 Å². The zero-order valence-electron chi connectivity index (χ0n) is 13.4. The Bertz CT molecular complexity index is 608. The third-order valence-corrected chi connectivity index (χ3v) is 5.43.